The van der Waals surface area contributed by atoms with Crippen LogP contribution in [0.3, 0.4) is 0 Å². The summed E-state index contributed by atoms with van der Waals surface area (Å²) in [6, 6.07) is 6.30. The van der Waals surface area contributed by atoms with Gasteiger partial charge in [0.15, 0.2) is 0 Å². The predicted octanol–water partition coefficient (Wildman–Crippen LogP) is 0.652. The van der Waals surface area contributed by atoms with Crippen molar-refractivity contribution in [1.82, 2.24) is 15.5 Å². The Hall–Kier alpha value is -1.95. The van der Waals surface area contributed by atoms with Crippen molar-refractivity contribution in [2.45, 2.75) is 25.4 Å². The molecule has 0 spiro atoms. The normalized spacial score (nSPS) is 14.0. The summed E-state index contributed by atoms with van der Waals surface area (Å²) in [5.41, 5.74) is 0.832. The molecule has 1 saturated carbocycles. The molecule has 1 aliphatic carbocycles. The molecule has 114 valence electrons. The Kier molecular flexibility index (Phi) is 5.27. The maximum absolute atomic E-state index is 12.7. The fourth-order valence-corrected chi connectivity index (χ4v) is 1.91. The quantitative estimate of drug-likeness (QED) is 0.776. The lowest BCUT2D eigenvalue weighted by Gasteiger charge is -2.15. The van der Waals surface area contributed by atoms with Crippen molar-refractivity contribution in [2.75, 3.05) is 20.1 Å². The van der Waals surface area contributed by atoms with Crippen molar-refractivity contribution in [1.29, 1.82) is 0 Å². The van der Waals surface area contributed by atoms with Gasteiger partial charge in [0.05, 0.1) is 13.1 Å². The zero-order chi connectivity index (χ0) is 15.2. The van der Waals surface area contributed by atoms with E-state index in [1.54, 1.807) is 24.1 Å². The third-order valence-electron chi connectivity index (χ3n) is 3.17. The number of benzene rings is 1. The number of hydrogen-bond donors (Lipinski definition) is 2. The standard InChI is InChI=1S/C15H20FN3O2/c1-19(10-15(21)18-13-6-7-13)9-14(20)17-8-11-2-4-12(16)5-3-11/h2-5,13H,6-10H2,1H3,(H,17,20)(H,18,21). The molecule has 1 aliphatic rings. The second-order valence-electron chi connectivity index (χ2n) is 5.42. The van der Waals surface area contributed by atoms with Gasteiger partial charge in [0.25, 0.3) is 0 Å². The number of carbonyl (C=O) groups is 2. The Balaban J connectivity index is 1.65. The summed E-state index contributed by atoms with van der Waals surface area (Å²) in [5.74, 6) is -0.515. The summed E-state index contributed by atoms with van der Waals surface area (Å²) < 4.78 is 12.7. The Bertz CT molecular complexity index is 500. The van der Waals surface area contributed by atoms with Crippen LogP contribution in [-0.4, -0.2) is 42.9 Å². The van der Waals surface area contributed by atoms with Gasteiger partial charge in [-0.3, -0.25) is 14.5 Å². The fourth-order valence-electron chi connectivity index (χ4n) is 1.91. The smallest absolute Gasteiger partial charge is 0.234 e. The minimum Gasteiger partial charge on any atom is -0.352 e. The van der Waals surface area contributed by atoms with Gasteiger partial charge in [-0.05, 0) is 37.6 Å². The summed E-state index contributed by atoms with van der Waals surface area (Å²) in [6.07, 6.45) is 2.10. The number of hydrogen-bond acceptors (Lipinski definition) is 3. The molecule has 1 aromatic carbocycles. The van der Waals surface area contributed by atoms with Crippen LogP contribution in [0.4, 0.5) is 4.39 Å². The van der Waals surface area contributed by atoms with E-state index in [0.717, 1.165) is 18.4 Å². The van der Waals surface area contributed by atoms with Crippen LogP contribution in [-0.2, 0) is 16.1 Å². The Morgan fingerprint density at radius 2 is 1.81 bits per heavy atom. The zero-order valence-electron chi connectivity index (χ0n) is 12.1. The van der Waals surface area contributed by atoms with Gasteiger partial charge in [-0.25, -0.2) is 4.39 Å². The zero-order valence-corrected chi connectivity index (χ0v) is 12.1. The highest BCUT2D eigenvalue weighted by atomic mass is 19.1. The molecule has 0 radical (unpaired) electrons. The summed E-state index contributed by atoms with van der Waals surface area (Å²) in [7, 11) is 1.73. The predicted molar refractivity (Wildman–Crippen MR) is 76.9 cm³/mol. The van der Waals surface area contributed by atoms with Gasteiger partial charge >= 0.3 is 0 Å². The van der Waals surface area contributed by atoms with E-state index in [2.05, 4.69) is 10.6 Å². The first-order valence-corrected chi connectivity index (χ1v) is 7.02. The monoisotopic (exact) mass is 293 g/mol. The summed E-state index contributed by atoms with van der Waals surface area (Å²) >= 11 is 0. The van der Waals surface area contributed by atoms with Crippen molar-refractivity contribution in [3.8, 4) is 0 Å². The molecule has 5 nitrogen and oxygen atoms in total. The van der Waals surface area contributed by atoms with Gasteiger partial charge in [0.1, 0.15) is 5.82 Å². The maximum atomic E-state index is 12.7. The molecule has 2 amide bonds. The molecule has 6 heteroatoms. The van der Waals surface area contributed by atoms with Crippen LogP contribution < -0.4 is 10.6 Å². The molecule has 1 aromatic rings. The van der Waals surface area contributed by atoms with Crippen molar-refractivity contribution < 1.29 is 14.0 Å². The van der Waals surface area contributed by atoms with Crippen LogP contribution in [0.5, 0.6) is 0 Å². The number of nitrogens with zero attached hydrogens (tertiary/aromatic N) is 1. The van der Waals surface area contributed by atoms with Crippen LogP contribution in [0.1, 0.15) is 18.4 Å². The van der Waals surface area contributed by atoms with E-state index in [9.17, 15) is 14.0 Å². The Morgan fingerprint density at radius 1 is 1.19 bits per heavy atom. The summed E-state index contributed by atoms with van der Waals surface area (Å²) in [4.78, 5) is 25.0. The molecule has 2 N–H and O–H groups in total. The molecule has 0 saturated heterocycles. The highest BCUT2D eigenvalue weighted by molar-refractivity contribution is 5.81. The largest absolute Gasteiger partial charge is 0.352 e. The molecule has 0 atom stereocenters. The van der Waals surface area contributed by atoms with E-state index in [1.165, 1.54) is 12.1 Å². The van der Waals surface area contributed by atoms with Gasteiger partial charge < -0.3 is 10.6 Å². The van der Waals surface area contributed by atoms with Crippen LogP contribution >= 0.6 is 0 Å². The molecular formula is C15H20FN3O2. The average Bonchev–Trinajstić information content (AvgIpc) is 3.21. The second-order valence-corrected chi connectivity index (χ2v) is 5.42. The van der Waals surface area contributed by atoms with Gasteiger partial charge in [-0.1, -0.05) is 12.1 Å². The molecule has 1 fully saturated rings. The molecule has 0 heterocycles. The molecule has 0 aliphatic heterocycles. The first-order chi connectivity index (χ1) is 10.0. The van der Waals surface area contributed by atoms with E-state index < -0.39 is 0 Å². The van der Waals surface area contributed by atoms with Crippen LogP contribution in [0.25, 0.3) is 0 Å². The maximum Gasteiger partial charge on any atom is 0.234 e. The third kappa shape index (κ3) is 5.91. The minimum absolute atomic E-state index is 0.0497. The second kappa shape index (κ2) is 7.17. The van der Waals surface area contributed by atoms with Crippen LogP contribution in [0.2, 0.25) is 0 Å². The van der Waals surface area contributed by atoms with E-state index in [4.69, 9.17) is 0 Å². The van der Waals surface area contributed by atoms with Crippen molar-refractivity contribution >= 4 is 11.8 Å². The molecule has 0 unspecified atom stereocenters. The van der Waals surface area contributed by atoms with E-state index in [-0.39, 0.29) is 30.7 Å². The number of rotatable bonds is 7. The molecule has 21 heavy (non-hydrogen) atoms. The Labute approximate surface area is 123 Å². The van der Waals surface area contributed by atoms with Crippen molar-refractivity contribution in [3.63, 3.8) is 0 Å². The number of nitrogens with one attached hydrogen (secondary N) is 2. The minimum atomic E-state index is -0.300. The van der Waals surface area contributed by atoms with Gasteiger partial charge in [0.2, 0.25) is 11.8 Å². The van der Waals surface area contributed by atoms with Crippen LogP contribution in [0.15, 0.2) is 24.3 Å². The average molecular weight is 293 g/mol. The highest BCUT2D eigenvalue weighted by Gasteiger charge is 2.23. The lowest BCUT2D eigenvalue weighted by Crippen LogP contribution is -2.41. The number of amides is 2. The summed E-state index contributed by atoms with van der Waals surface area (Å²) in [6.45, 7) is 0.709. The number of likely N-dealkylation sites (N-methyl/N-ethyl adjacent to an activating group) is 1. The topological polar surface area (TPSA) is 61.4 Å². The van der Waals surface area contributed by atoms with Gasteiger partial charge in [-0.2, -0.15) is 0 Å². The van der Waals surface area contributed by atoms with E-state index in [0.29, 0.717) is 12.6 Å². The van der Waals surface area contributed by atoms with Crippen molar-refractivity contribution in [3.05, 3.63) is 35.6 Å². The lowest BCUT2D eigenvalue weighted by molar-refractivity contribution is -0.124. The van der Waals surface area contributed by atoms with Gasteiger partial charge in [-0.15, -0.1) is 0 Å². The van der Waals surface area contributed by atoms with Crippen LogP contribution in [0, 0.1) is 5.82 Å². The van der Waals surface area contributed by atoms with E-state index in [1.807, 2.05) is 0 Å². The third-order valence-corrected chi connectivity index (χ3v) is 3.17. The number of carbonyl (C=O) groups excluding carboxylic acids is 2. The van der Waals surface area contributed by atoms with Gasteiger partial charge in [0, 0.05) is 12.6 Å². The summed E-state index contributed by atoms with van der Waals surface area (Å²) in [5, 5.41) is 5.61. The SMILES string of the molecule is CN(CC(=O)NCc1ccc(F)cc1)CC(=O)NC1CC1. The molecule has 0 aromatic heterocycles. The first-order valence-electron chi connectivity index (χ1n) is 7.02. The van der Waals surface area contributed by atoms with Crippen molar-refractivity contribution in [2.24, 2.45) is 0 Å². The molecule has 2 rings (SSSR count). The molecular weight excluding hydrogens is 273 g/mol. The lowest BCUT2D eigenvalue weighted by atomic mass is 10.2. The first kappa shape index (κ1) is 15.4. The fraction of sp³-hybridized carbons (Fsp3) is 0.467. The highest BCUT2D eigenvalue weighted by Crippen LogP contribution is 2.18. The Morgan fingerprint density at radius 3 is 2.43 bits per heavy atom. The molecule has 0 bridgehead atoms. The van der Waals surface area contributed by atoms with E-state index >= 15 is 0 Å². The number of halogens is 1.